The molecule has 0 spiro atoms. The van der Waals surface area contributed by atoms with E-state index in [0.717, 1.165) is 19.3 Å². The lowest BCUT2D eigenvalue weighted by atomic mass is 10.3. The van der Waals surface area contributed by atoms with Crippen LogP contribution in [0.3, 0.4) is 0 Å². The van der Waals surface area contributed by atoms with E-state index >= 15 is 0 Å². The van der Waals surface area contributed by atoms with Gasteiger partial charge in [-0.2, -0.15) is 0 Å². The summed E-state index contributed by atoms with van der Waals surface area (Å²) in [5.41, 5.74) is 0. The van der Waals surface area contributed by atoms with E-state index in [4.69, 9.17) is 0 Å². The first-order valence-electron chi connectivity index (χ1n) is 4.59. The molecule has 0 aromatic rings. The van der Waals surface area contributed by atoms with Crippen molar-refractivity contribution >= 4 is 10.0 Å². The van der Waals surface area contributed by atoms with Gasteiger partial charge in [0.1, 0.15) is 0 Å². The Kier molecular flexibility index (Phi) is 6.38. The summed E-state index contributed by atoms with van der Waals surface area (Å²) in [6.45, 7) is 4.56. The molecule has 0 rings (SSSR count). The summed E-state index contributed by atoms with van der Waals surface area (Å²) < 4.78 is 24.7. The normalized spacial score (nSPS) is 11.8. The van der Waals surface area contributed by atoms with E-state index in [1.807, 2.05) is 6.92 Å². The molecule has 0 saturated heterocycles. The molecule has 3 nitrogen and oxygen atoms in total. The molecule has 0 aromatic carbocycles. The van der Waals surface area contributed by atoms with Crippen LogP contribution in [0.1, 0.15) is 39.5 Å². The monoisotopic (exact) mass is 193 g/mol. The van der Waals surface area contributed by atoms with Crippen molar-refractivity contribution < 1.29 is 8.42 Å². The highest BCUT2D eigenvalue weighted by Gasteiger charge is 2.05. The Labute approximate surface area is 75.6 Å². The maximum Gasteiger partial charge on any atom is 0.211 e. The Bertz CT molecular complexity index is 187. The predicted octanol–water partition coefficient (Wildman–Crippen LogP) is 1.51. The van der Waals surface area contributed by atoms with Crippen LogP contribution in [-0.2, 0) is 10.0 Å². The fourth-order valence-corrected chi connectivity index (χ4v) is 2.08. The predicted molar refractivity (Wildman–Crippen MR) is 51.6 cm³/mol. The minimum atomic E-state index is -2.96. The van der Waals surface area contributed by atoms with Gasteiger partial charge in [0.15, 0.2) is 0 Å². The van der Waals surface area contributed by atoms with E-state index in [1.54, 1.807) is 0 Å². The standard InChI is InChI=1S/C8H19NO2S/c1-3-5-6-7-9-12(10,11)8-4-2/h9H,3-8H2,1-2H3. The zero-order valence-electron chi connectivity index (χ0n) is 7.97. The third kappa shape index (κ3) is 6.61. The molecule has 0 radical (unpaired) electrons. The molecule has 0 bridgehead atoms. The molecule has 0 fully saturated rings. The van der Waals surface area contributed by atoms with Crippen LogP contribution in [0.2, 0.25) is 0 Å². The van der Waals surface area contributed by atoms with Gasteiger partial charge in [-0.3, -0.25) is 0 Å². The molecule has 0 amide bonds. The number of sulfonamides is 1. The Morgan fingerprint density at radius 3 is 2.25 bits per heavy atom. The Balaban J connectivity index is 3.48. The summed E-state index contributed by atoms with van der Waals surface area (Å²) >= 11 is 0. The first-order chi connectivity index (χ1) is 5.62. The summed E-state index contributed by atoms with van der Waals surface area (Å²) in [7, 11) is -2.96. The topological polar surface area (TPSA) is 46.2 Å². The maximum absolute atomic E-state index is 11.1. The lowest BCUT2D eigenvalue weighted by molar-refractivity contribution is 0.574. The first kappa shape index (κ1) is 11.9. The van der Waals surface area contributed by atoms with Crippen molar-refractivity contribution in [3.8, 4) is 0 Å². The van der Waals surface area contributed by atoms with Crippen LogP contribution in [0, 0.1) is 0 Å². The van der Waals surface area contributed by atoms with Gasteiger partial charge < -0.3 is 0 Å². The van der Waals surface area contributed by atoms with Crippen molar-refractivity contribution in [1.29, 1.82) is 0 Å². The zero-order valence-corrected chi connectivity index (χ0v) is 8.78. The molecular weight excluding hydrogens is 174 g/mol. The Morgan fingerprint density at radius 1 is 1.08 bits per heavy atom. The molecule has 74 valence electrons. The molecule has 0 atom stereocenters. The van der Waals surface area contributed by atoms with Crippen molar-refractivity contribution in [2.75, 3.05) is 12.3 Å². The molecule has 0 aliphatic rings. The van der Waals surface area contributed by atoms with Gasteiger partial charge in [-0.25, -0.2) is 13.1 Å². The maximum atomic E-state index is 11.1. The van der Waals surface area contributed by atoms with Gasteiger partial charge in [-0.05, 0) is 12.8 Å². The number of hydrogen-bond acceptors (Lipinski definition) is 2. The summed E-state index contributed by atoms with van der Waals surface area (Å²) in [6, 6.07) is 0. The Hall–Kier alpha value is -0.0900. The summed E-state index contributed by atoms with van der Waals surface area (Å²) in [6.07, 6.45) is 3.84. The number of rotatable bonds is 7. The van der Waals surface area contributed by atoms with Gasteiger partial charge in [0, 0.05) is 6.54 Å². The number of nitrogens with one attached hydrogen (secondary N) is 1. The SMILES string of the molecule is CCCCCNS(=O)(=O)CCC. The lowest BCUT2D eigenvalue weighted by Crippen LogP contribution is -2.26. The van der Waals surface area contributed by atoms with E-state index in [0.29, 0.717) is 13.0 Å². The fourth-order valence-electron chi connectivity index (χ4n) is 0.944. The number of hydrogen-bond donors (Lipinski definition) is 1. The average Bonchev–Trinajstić information content (AvgIpc) is 1.98. The molecule has 0 heterocycles. The summed E-state index contributed by atoms with van der Waals surface area (Å²) in [5, 5.41) is 0. The molecule has 0 aromatic heterocycles. The second kappa shape index (κ2) is 6.43. The van der Waals surface area contributed by atoms with Crippen molar-refractivity contribution in [2.24, 2.45) is 0 Å². The minimum Gasteiger partial charge on any atom is -0.215 e. The molecular formula is C8H19NO2S. The Morgan fingerprint density at radius 2 is 1.75 bits per heavy atom. The highest BCUT2D eigenvalue weighted by atomic mass is 32.2. The molecule has 0 saturated carbocycles. The van der Waals surface area contributed by atoms with Gasteiger partial charge >= 0.3 is 0 Å². The summed E-state index contributed by atoms with van der Waals surface area (Å²) in [5.74, 6) is 0.249. The van der Waals surface area contributed by atoms with Gasteiger partial charge in [0.25, 0.3) is 0 Å². The van der Waals surface area contributed by atoms with Crippen molar-refractivity contribution in [2.45, 2.75) is 39.5 Å². The summed E-state index contributed by atoms with van der Waals surface area (Å²) in [4.78, 5) is 0. The van der Waals surface area contributed by atoms with Crippen LogP contribution >= 0.6 is 0 Å². The van der Waals surface area contributed by atoms with Crippen LogP contribution in [-0.4, -0.2) is 20.7 Å². The smallest absolute Gasteiger partial charge is 0.211 e. The lowest BCUT2D eigenvalue weighted by Gasteiger charge is -2.03. The van der Waals surface area contributed by atoms with E-state index in [1.165, 1.54) is 0 Å². The van der Waals surface area contributed by atoms with Gasteiger partial charge in [0.2, 0.25) is 10.0 Å². The van der Waals surface area contributed by atoms with Gasteiger partial charge in [-0.15, -0.1) is 0 Å². The van der Waals surface area contributed by atoms with E-state index < -0.39 is 10.0 Å². The molecule has 12 heavy (non-hydrogen) atoms. The van der Waals surface area contributed by atoms with Crippen LogP contribution in [0.15, 0.2) is 0 Å². The van der Waals surface area contributed by atoms with Crippen LogP contribution in [0.25, 0.3) is 0 Å². The molecule has 0 aliphatic heterocycles. The zero-order chi connectivity index (χ0) is 9.45. The van der Waals surface area contributed by atoms with Crippen molar-refractivity contribution in [3.05, 3.63) is 0 Å². The quantitative estimate of drug-likeness (QED) is 0.623. The van der Waals surface area contributed by atoms with Crippen LogP contribution < -0.4 is 4.72 Å². The molecule has 0 unspecified atom stereocenters. The van der Waals surface area contributed by atoms with Crippen LogP contribution in [0.4, 0.5) is 0 Å². The van der Waals surface area contributed by atoms with Crippen molar-refractivity contribution in [1.82, 2.24) is 4.72 Å². The molecule has 4 heteroatoms. The van der Waals surface area contributed by atoms with Crippen molar-refractivity contribution in [3.63, 3.8) is 0 Å². The largest absolute Gasteiger partial charge is 0.215 e. The highest BCUT2D eigenvalue weighted by molar-refractivity contribution is 7.89. The highest BCUT2D eigenvalue weighted by Crippen LogP contribution is 1.93. The number of unbranched alkanes of at least 4 members (excludes halogenated alkanes) is 2. The second-order valence-corrected chi connectivity index (χ2v) is 4.85. The van der Waals surface area contributed by atoms with Gasteiger partial charge in [-0.1, -0.05) is 26.7 Å². The molecule has 0 aliphatic carbocycles. The van der Waals surface area contributed by atoms with E-state index in [9.17, 15) is 8.42 Å². The van der Waals surface area contributed by atoms with Crippen LogP contribution in [0.5, 0.6) is 0 Å². The third-order valence-electron chi connectivity index (χ3n) is 1.58. The second-order valence-electron chi connectivity index (χ2n) is 2.92. The van der Waals surface area contributed by atoms with E-state index in [-0.39, 0.29) is 5.75 Å². The molecule has 1 N–H and O–H groups in total. The fraction of sp³-hybridized carbons (Fsp3) is 1.00. The average molecular weight is 193 g/mol. The first-order valence-corrected chi connectivity index (χ1v) is 6.25. The van der Waals surface area contributed by atoms with E-state index in [2.05, 4.69) is 11.6 Å². The minimum absolute atomic E-state index is 0.249. The third-order valence-corrected chi connectivity index (χ3v) is 3.16. The van der Waals surface area contributed by atoms with Gasteiger partial charge in [0.05, 0.1) is 5.75 Å².